The number of anilines is 2. The number of hydrogen-bond donors (Lipinski definition) is 2. The standard InChI is InChI=1S/C26H30N4O4/c1-29(2)26(33)34-21-11-9-20(10-12-21)17-23(25(31)32)28-22-13-15-27-18-24(22)30(3)16-14-19-7-5-4-6-8-19/h4-13,15,18,23H,14,16-17H2,1-3H3,(H,27,28)(H,31,32)/t23-/m0/s1. The minimum atomic E-state index is -0.960. The second-order valence-corrected chi connectivity index (χ2v) is 8.20. The van der Waals surface area contributed by atoms with Crippen LogP contribution >= 0.6 is 0 Å². The fourth-order valence-electron chi connectivity index (χ4n) is 3.38. The number of rotatable bonds is 10. The number of aromatic nitrogens is 1. The van der Waals surface area contributed by atoms with E-state index in [0.717, 1.165) is 24.2 Å². The molecule has 0 aliphatic rings. The largest absolute Gasteiger partial charge is 0.480 e. The fraction of sp³-hybridized carbons (Fsp3) is 0.269. The number of benzene rings is 2. The molecule has 1 aromatic heterocycles. The van der Waals surface area contributed by atoms with Crippen molar-refractivity contribution in [3.8, 4) is 5.75 Å². The first-order valence-corrected chi connectivity index (χ1v) is 11.0. The summed E-state index contributed by atoms with van der Waals surface area (Å²) in [5, 5.41) is 13.0. The first-order chi connectivity index (χ1) is 16.3. The molecule has 2 N–H and O–H groups in total. The van der Waals surface area contributed by atoms with Crippen LogP contribution in [0.25, 0.3) is 0 Å². The van der Waals surface area contributed by atoms with Gasteiger partial charge in [-0.25, -0.2) is 9.59 Å². The van der Waals surface area contributed by atoms with E-state index in [1.54, 1.807) is 56.8 Å². The molecule has 0 saturated carbocycles. The van der Waals surface area contributed by atoms with Crippen molar-refractivity contribution >= 4 is 23.4 Å². The maximum absolute atomic E-state index is 12.0. The van der Waals surface area contributed by atoms with E-state index in [-0.39, 0.29) is 6.42 Å². The minimum absolute atomic E-state index is 0.257. The molecule has 3 aromatic rings. The molecule has 8 heteroatoms. The van der Waals surface area contributed by atoms with E-state index >= 15 is 0 Å². The zero-order valence-electron chi connectivity index (χ0n) is 19.6. The number of carbonyl (C=O) groups excluding carboxylic acids is 1. The summed E-state index contributed by atoms with van der Waals surface area (Å²) < 4.78 is 5.22. The normalized spacial score (nSPS) is 11.4. The van der Waals surface area contributed by atoms with Crippen LogP contribution in [0.4, 0.5) is 16.2 Å². The van der Waals surface area contributed by atoms with Gasteiger partial charge in [0.2, 0.25) is 0 Å². The highest BCUT2D eigenvalue weighted by molar-refractivity contribution is 5.80. The number of pyridine rings is 1. The number of carbonyl (C=O) groups is 2. The molecule has 3 rings (SSSR count). The second-order valence-electron chi connectivity index (χ2n) is 8.20. The molecule has 0 bridgehead atoms. The van der Waals surface area contributed by atoms with Gasteiger partial charge in [-0.05, 0) is 35.7 Å². The van der Waals surface area contributed by atoms with Gasteiger partial charge in [0.05, 0.1) is 17.6 Å². The third-order valence-electron chi connectivity index (χ3n) is 5.35. The van der Waals surface area contributed by atoms with Gasteiger partial charge in [-0.15, -0.1) is 0 Å². The summed E-state index contributed by atoms with van der Waals surface area (Å²) in [6, 6.07) is 18.0. The van der Waals surface area contributed by atoms with Crippen LogP contribution < -0.4 is 15.0 Å². The Morgan fingerprint density at radius 3 is 2.35 bits per heavy atom. The Morgan fingerprint density at radius 2 is 1.71 bits per heavy atom. The summed E-state index contributed by atoms with van der Waals surface area (Å²) in [5.41, 5.74) is 3.57. The lowest BCUT2D eigenvalue weighted by atomic mass is 10.1. The van der Waals surface area contributed by atoms with E-state index in [0.29, 0.717) is 11.4 Å². The van der Waals surface area contributed by atoms with E-state index in [2.05, 4.69) is 27.3 Å². The minimum Gasteiger partial charge on any atom is -0.480 e. The van der Waals surface area contributed by atoms with Crippen LogP contribution in [0.2, 0.25) is 0 Å². The summed E-state index contributed by atoms with van der Waals surface area (Å²) >= 11 is 0. The highest BCUT2D eigenvalue weighted by atomic mass is 16.6. The molecule has 0 fully saturated rings. The number of carboxylic acids is 1. The van der Waals surface area contributed by atoms with Gasteiger partial charge in [0.25, 0.3) is 0 Å². The lowest BCUT2D eigenvalue weighted by Crippen LogP contribution is -2.32. The van der Waals surface area contributed by atoms with Gasteiger partial charge in [-0.1, -0.05) is 42.5 Å². The van der Waals surface area contributed by atoms with Crippen molar-refractivity contribution in [2.75, 3.05) is 37.9 Å². The maximum Gasteiger partial charge on any atom is 0.414 e. The zero-order chi connectivity index (χ0) is 24.5. The smallest absolute Gasteiger partial charge is 0.414 e. The summed E-state index contributed by atoms with van der Waals surface area (Å²) in [7, 11) is 5.17. The summed E-state index contributed by atoms with van der Waals surface area (Å²) in [6.07, 6.45) is 4.02. The Labute approximate surface area is 199 Å². The molecule has 0 spiro atoms. The van der Waals surface area contributed by atoms with E-state index in [9.17, 15) is 14.7 Å². The van der Waals surface area contributed by atoms with Gasteiger partial charge < -0.3 is 25.0 Å². The van der Waals surface area contributed by atoms with Crippen molar-refractivity contribution in [3.63, 3.8) is 0 Å². The summed E-state index contributed by atoms with van der Waals surface area (Å²) in [6.45, 7) is 0.759. The summed E-state index contributed by atoms with van der Waals surface area (Å²) in [4.78, 5) is 31.3. The summed E-state index contributed by atoms with van der Waals surface area (Å²) in [5.74, 6) is -0.559. The number of amides is 1. The van der Waals surface area contributed by atoms with Crippen molar-refractivity contribution in [2.24, 2.45) is 0 Å². The molecule has 178 valence electrons. The molecule has 0 saturated heterocycles. The number of ether oxygens (including phenoxy) is 1. The Balaban J connectivity index is 1.67. The van der Waals surface area contributed by atoms with Crippen molar-refractivity contribution in [3.05, 3.63) is 84.2 Å². The van der Waals surface area contributed by atoms with Crippen molar-refractivity contribution < 1.29 is 19.4 Å². The molecule has 0 radical (unpaired) electrons. The average molecular weight is 463 g/mol. The molecule has 1 heterocycles. The number of nitrogens with zero attached hydrogens (tertiary/aromatic N) is 3. The van der Waals surface area contributed by atoms with Gasteiger partial charge in [0.1, 0.15) is 11.8 Å². The van der Waals surface area contributed by atoms with Crippen LogP contribution in [0.15, 0.2) is 73.1 Å². The van der Waals surface area contributed by atoms with Gasteiger partial charge >= 0.3 is 12.1 Å². The number of likely N-dealkylation sites (N-methyl/N-ethyl adjacent to an activating group) is 1. The monoisotopic (exact) mass is 462 g/mol. The van der Waals surface area contributed by atoms with Gasteiger partial charge in [-0.2, -0.15) is 0 Å². The molecule has 0 unspecified atom stereocenters. The van der Waals surface area contributed by atoms with Gasteiger partial charge in [0, 0.05) is 40.3 Å². The molecule has 1 atom stereocenters. The van der Waals surface area contributed by atoms with Crippen LogP contribution in [0.3, 0.4) is 0 Å². The SMILES string of the molecule is CN(C)C(=O)Oc1ccc(C[C@H](Nc2ccncc2N(C)CCc2ccccc2)C(=O)O)cc1. The lowest BCUT2D eigenvalue weighted by Gasteiger charge is -2.24. The predicted molar refractivity (Wildman–Crippen MR) is 133 cm³/mol. The van der Waals surface area contributed by atoms with Crippen LogP contribution in [0.1, 0.15) is 11.1 Å². The number of nitrogens with one attached hydrogen (secondary N) is 1. The van der Waals surface area contributed by atoms with Crippen molar-refractivity contribution in [1.82, 2.24) is 9.88 Å². The molecule has 34 heavy (non-hydrogen) atoms. The van der Waals surface area contributed by atoms with E-state index in [4.69, 9.17) is 4.74 Å². The van der Waals surface area contributed by atoms with Gasteiger partial charge in [-0.3, -0.25) is 4.98 Å². The molecule has 8 nitrogen and oxygen atoms in total. The van der Waals surface area contributed by atoms with Crippen LogP contribution in [0.5, 0.6) is 5.75 Å². The average Bonchev–Trinajstić information content (AvgIpc) is 2.84. The second kappa shape index (κ2) is 11.7. The van der Waals surface area contributed by atoms with E-state index in [1.807, 2.05) is 25.2 Å². The van der Waals surface area contributed by atoms with Crippen molar-refractivity contribution in [2.45, 2.75) is 18.9 Å². The molecular formula is C26H30N4O4. The number of carboxylic acid groups (broad SMARTS) is 1. The highest BCUT2D eigenvalue weighted by Crippen LogP contribution is 2.25. The van der Waals surface area contributed by atoms with Crippen LogP contribution in [0, 0.1) is 0 Å². The van der Waals surface area contributed by atoms with Gasteiger partial charge in [0.15, 0.2) is 0 Å². The molecular weight excluding hydrogens is 432 g/mol. The molecule has 0 aliphatic carbocycles. The molecule has 2 aromatic carbocycles. The number of aliphatic carboxylic acids is 1. The quantitative estimate of drug-likeness (QED) is 0.471. The Bertz CT molecular complexity index is 1090. The van der Waals surface area contributed by atoms with Crippen LogP contribution in [-0.4, -0.2) is 60.8 Å². The lowest BCUT2D eigenvalue weighted by molar-refractivity contribution is -0.137. The van der Waals surface area contributed by atoms with E-state index < -0.39 is 18.1 Å². The fourth-order valence-corrected chi connectivity index (χ4v) is 3.38. The van der Waals surface area contributed by atoms with Crippen LogP contribution in [-0.2, 0) is 17.6 Å². The van der Waals surface area contributed by atoms with Crippen molar-refractivity contribution in [1.29, 1.82) is 0 Å². The highest BCUT2D eigenvalue weighted by Gasteiger charge is 2.20. The Morgan fingerprint density at radius 1 is 1.00 bits per heavy atom. The molecule has 0 aliphatic heterocycles. The third kappa shape index (κ3) is 6.96. The first-order valence-electron chi connectivity index (χ1n) is 11.0. The van der Waals surface area contributed by atoms with E-state index in [1.165, 1.54) is 10.5 Å². The predicted octanol–water partition coefficient (Wildman–Crippen LogP) is 3.93. The number of hydrogen-bond acceptors (Lipinski definition) is 6. The maximum atomic E-state index is 12.0. The third-order valence-corrected chi connectivity index (χ3v) is 5.35. The first kappa shape index (κ1) is 24.6. The topological polar surface area (TPSA) is 95.0 Å². The Kier molecular flexibility index (Phi) is 8.45. The zero-order valence-corrected chi connectivity index (χ0v) is 19.6. The Hall–Kier alpha value is -4.07. The molecule has 1 amide bonds.